The molecule has 0 aromatic heterocycles. The summed E-state index contributed by atoms with van der Waals surface area (Å²) in [7, 11) is 1.65. The molecule has 0 unspecified atom stereocenters. The molecule has 2 rings (SSSR count). The van der Waals surface area contributed by atoms with Gasteiger partial charge in [0.15, 0.2) is 0 Å². The molecular formula is C13H15N3O3. The van der Waals surface area contributed by atoms with Crippen LogP contribution in [0.4, 0.5) is 0 Å². The Hall–Kier alpha value is -2.37. The molecule has 100 valence electrons. The molecule has 1 heterocycles. The predicted molar refractivity (Wildman–Crippen MR) is 67.3 cm³/mol. The average molecular weight is 261 g/mol. The van der Waals surface area contributed by atoms with Crippen LogP contribution in [0, 0.1) is 5.92 Å². The van der Waals surface area contributed by atoms with E-state index < -0.39 is 17.7 Å². The lowest BCUT2D eigenvalue weighted by molar-refractivity contribution is -0.137. The molecule has 2 N–H and O–H groups in total. The topological polar surface area (TPSA) is 78.5 Å². The maximum atomic E-state index is 12.0. The lowest BCUT2D eigenvalue weighted by Crippen LogP contribution is -2.31. The van der Waals surface area contributed by atoms with E-state index in [0.29, 0.717) is 6.54 Å². The predicted octanol–water partition coefficient (Wildman–Crippen LogP) is -0.188. The minimum atomic E-state index is -0.925. The molecule has 0 atom stereocenters. The van der Waals surface area contributed by atoms with Crippen LogP contribution in [0.2, 0.25) is 0 Å². The monoisotopic (exact) mass is 261 g/mol. The van der Waals surface area contributed by atoms with Gasteiger partial charge in [-0.05, 0) is 5.56 Å². The highest BCUT2D eigenvalue weighted by Gasteiger charge is 2.35. The van der Waals surface area contributed by atoms with E-state index in [-0.39, 0.29) is 12.3 Å². The van der Waals surface area contributed by atoms with Crippen molar-refractivity contribution in [1.82, 2.24) is 15.8 Å². The summed E-state index contributed by atoms with van der Waals surface area (Å²) in [5, 5.41) is 0. The molecule has 1 aliphatic heterocycles. The number of hydrazine groups is 1. The fourth-order valence-electron chi connectivity index (χ4n) is 1.88. The second kappa shape index (κ2) is 5.51. The average Bonchev–Trinajstić information content (AvgIpc) is 2.71. The van der Waals surface area contributed by atoms with Crippen LogP contribution in [0.15, 0.2) is 30.3 Å². The maximum Gasteiger partial charge on any atom is 0.251 e. The summed E-state index contributed by atoms with van der Waals surface area (Å²) in [4.78, 5) is 36.1. The lowest BCUT2D eigenvalue weighted by Gasteiger charge is -2.18. The largest absolute Gasteiger partial charge is 0.341 e. The van der Waals surface area contributed by atoms with Gasteiger partial charge < -0.3 is 4.90 Å². The normalized spacial score (nSPS) is 15.0. The molecule has 6 nitrogen and oxygen atoms in total. The van der Waals surface area contributed by atoms with Crippen molar-refractivity contribution < 1.29 is 14.4 Å². The maximum absolute atomic E-state index is 12.0. The Morgan fingerprint density at radius 1 is 1.16 bits per heavy atom. The Labute approximate surface area is 110 Å². The molecule has 0 bridgehead atoms. The van der Waals surface area contributed by atoms with Gasteiger partial charge in [0.1, 0.15) is 5.92 Å². The number of benzene rings is 1. The molecule has 1 aromatic carbocycles. The van der Waals surface area contributed by atoms with E-state index in [9.17, 15) is 14.4 Å². The van der Waals surface area contributed by atoms with Crippen molar-refractivity contribution in [3.05, 3.63) is 35.9 Å². The Balaban J connectivity index is 1.93. The summed E-state index contributed by atoms with van der Waals surface area (Å²) >= 11 is 0. The van der Waals surface area contributed by atoms with Crippen LogP contribution in [0.1, 0.15) is 12.0 Å². The van der Waals surface area contributed by atoms with Crippen molar-refractivity contribution in [3.8, 4) is 0 Å². The van der Waals surface area contributed by atoms with Gasteiger partial charge in [-0.15, -0.1) is 0 Å². The standard InChI is InChI=1S/C13H15N3O3/c1-16(8-9-5-3-2-4-6-9)11(17)7-10-12(18)14-15-13(10)19/h2-6,10H,7-8H2,1H3,(H,14,18)(H,15,19). The summed E-state index contributed by atoms with van der Waals surface area (Å²) in [6, 6.07) is 9.52. The van der Waals surface area contributed by atoms with Gasteiger partial charge >= 0.3 is 0 Å². The third kappa shape index (κ3) is 3.09. The second-order valence-electron chi connectivity index (χ2n) is 4.47. The highest BCUT2D eigenvalue weighted by molar-refractivity contribution is 6.07. The zero-order valence-corrected chi connectivity index (χ0v) is 10.6. The Morgan fingerprint density at radius 3 is 2.32 bits per heavy atom. The number of hydrogen-bond donors (Lipinski definition) is 2. The Bertz CT molecular complexity index is 485. The van der Waals surface area contributed by atoms with E-state index in [2.05, 4.69) is 10.9 Å². The summed E-state index contributed by atoms with van der Waals surface area (Å²) in [6.07, 6.45) is -0.110. The van der Waals surface area contributed by atoms with Crippen molar-refractivity contribution >= 4 is 17.7 Å². The van der Waals surface area contributed by atoms with Gasteiger partial charge in [0, 0.05) is 20.0 Å². The van der Waals surface area contributed by atoms with E-state index >= 15 is 0 Å². The smallest absolute Gasteiger partial charge is 0.251 e. The van der Waals surface area contributed by atoms with E-state index in [4.69, 9.17) is 0 Å². The molecule has 0 saturated carbocycles. The zero-order chi connectivity index (χ0) is 13.8. The first-order chi connectivity index (χ1) is 9.08. The Kier molecular flexibility index (Phi) is 3.79. The van der Waals surface area contributed by atoms with Crippen LogP contribution in [-0.2, 0) is 20.9 Å². The Morgan fingerprint density at radius 2 is 1.74 bits per heavy atom. The van der Waals surface area contributed by atoms with E-state index in [1.165, 1.54) is 4.90 Å². The molecule has 6 heteroatoms. The summed E-state index contributed by atoms with van der Waals surface area (Å²) < 4.78 is 0. The quantitative estimate of drug-likeness (QED) is 0.737. The van der Waals surface area contributed by atoms with Crippen molar-refractivity contribution in [2.45, 2.75) is 13.0 Å². The van der Waals surface area contributed by atoms with Crippen LogP contribution >= 0.6 is 0 Å². The molecule has 1 fully saturated rings. The SMILES string of the molecule is CN(Cc1ccccc1)C(=O)CC1C(=O)NNC1=O. The minimum Gasteiger partial charge on any atom is -0.341 e. The molecule has 0 aliphatic carbocycles. The fraction of sp³-hybridized carbons (Fsp3) is 0.308. The molecule has 0 spiro atoms. The summed E-state index contributed by atoms with van der Waals surface area (Å²) in [5.74, 6) is -2.07. The summed E-state index contributed by atoms with van der Waals surface area (Å²) in [6.45, 7) is 0.454. The number of rotatable bonds is 4. The third-order valence-corrected chi connectivity index (χ3v) is 3.01. The van der Waals surface area contributed by atoms with Gasteiger partial charge in [0.25, 0.3) is 11.8 Å². The van der Waals surface area contributed by atoms with Crippen LogP contribution in [-0.4, -0.2) is 29.7 Å². The minimum absolute atomic E-state index is 0.110. The molecular weight excluding hydrogens is 246 g/mol. The molecule has 1 saturated heterocycles. The van der Waals surface area contributed by atoms with E-state index in [1.807, 2.05) is 30.3 Å². The van der Waals surface area contributed by atoms with Crippen molar-refractivity contribution in [2.75, 3.05) is 7.05 Å². The van der Waals surface area contributed by atoms with Crippen molar-refractivity contribution in [1.29, 1.82) is 0 Å². The number of nitrogens with one attached hydrogen (secondary N) is 2. The second-order valence-corrected chi connectivity index (χ2v) is 4.47. The first kappa shape index (κ1) is 13.1. The van der Waals surface area contributed by atoms with E-state index in [0.717, 1.165) is 5.56 Å². The molecule has 0 radical (unpaired) electrons. The number of carbonyl (C=O) groups is 3. The summed E-state index contributed by atoms with van der Waals surface area (Å²) in [5.41, 5.74) is 5.41. The van der Waals surface area contributed by atoms with Crippen LogP contribution in [0.25, 0.3) is 0 Å². The van der Waals surface area contributed by atoms with Crippen LogP contribution in [0.5, 0.6) is 0 Å². The van der Waals surface area contributed by atoms with E-state index in [1.54, 1.807) is 7.05 Å². The van der Waals surface area contributed by atoms with Crippen LogP contribution in [0.3, 0.4) is 0 Å². The lowest BCUT2D eigenvalue weighted by atomic mass is 10.0. The van der Waals surface area contributed by atoms with Gasteiger partial charge in [-0.1, -0.05) is 30.3 Å². The van der Waals surface area contributed by atoms with Gasteiger partial charge in [0.2, 0.25) is 5.91 Å². The fourth-order valence-corrected chi connectivity index (χ4v) is 1.88. The van der Waals surface area contributed by atoms with Crippen molar-refractivity contribution in [2.24, 2.45) is 5.92 Å². The van der Waals surface area contributed by atoms with Crippen molar-refractivity contribution in [3.63, 3.8) is 0 Å². The van der Waals surface area contributed by atoms with Crippen LogP contribution < -0.4 is 10.9 Å². The van der Waals surface area contributed by atoms with Gasteiger partial charge in [-0.2, -0.15) is 0 Å². The number of nitrogens with zero attached hydrogens (tertiary/aromatic N) is 1. The van der Waals surface area contributed by atoms with Gasteiger partial charge in [0.05, 0.1) is 0 Å². The third-order valence-electron chi connectivity index (χ3n) is 3.01. The van der Waals surface area contributed by atoms with Gasteiger partial charge in [-0.25, -0.2) is 0 Å². The molecule has 19 heavy (non-hydrogen) atoms. The van der Waals surface area contributed by atoms with Gasteiger partial charge in [-0.3, -0.25) is 25.2 Å². The zero-order valence-electron chi connectivity index (χ0n) is 10.6. The number of hydrogen-bond acceptors (Lipinski definition) is 3. The number of amides is 3. The molecule has 1 aliphatic rings. The molecule has 3 amide bonds. The highest BCUT2D eigenvalue weighted by atomic mass is 16.2. The highest BCUT2D eigenvalue weighted by Crippen LogP contribution is 2.11. The first-order valence-corrected chi connectivity index (χ1v) is 5.95. The first-order valence-electron chi connectivity index (χ1n) is 5.95. The number of carbonyl (C=O) groups excluding carboxylic acids is 3. The molecule has 1 aromatic rings.